The summed E-state index contributed by atoms with van der Waals surface area (Å²) < 4.78 is 0. The molecule has 0 bridgehead atoms. The van der Waals surface area contributed by atoms with E-state index in [1.807, 2.05) is 0 Å². The van der Waals surface area contributed by atoms with Crippen LogP contribution in [-0.2, 0) is 11.2 Å². The number of rotatable bonds is 7. The van der Waals surface area contributed by atoms with Gasteiger partial charge in [-0.1, -0.05) is 91.3 Å². The Labute approximate surface area is 167 Å². The predicted octanol–water partition coefficient (Wildman–Crippen LogP) is 7.23. The van der Waals surface area contributed by atoms with Crippen molar-refractivity contribution in [1.82, 2.24) is 0 Å². The minimum absolute atomic E-state index is 0.284. The molecule has 0 aromatic heterocycles. The van der Waals surface area contributed by atoms with Crippen LogP contribution in [-0.4, -0.2) is 5.78 Å². The molecule has 2 rings (SSSR count). The molecule has 0 saturated carbocycles. The third kappa shape index (κ3) is 5.00. The zero-order chi connectivity index (χ0) is 20.3. The van der Waals surface area contributed by atoms with Crippen molar-refractivity contribution in [2.45, 2.75) is 80.1 Å². The van der Waals surface area contributed by atoms with Crippen LogP contribution in [0.3, 0.4) is 0 Å². The molecule has 0 N–H and O–H groups in total. The quantitative estimate of drug-likeness (QED) is 0.497. The van der Waals surface area contributed by atoms with Crippen LogP contribution in [0.1, 0.15) is 90.3 Å². The first-order valence-corrected chi connectivity index (χ1v) is 10.7. The van der Waals surface area contributed by atoms with Crippen molar-refractivity contribution >= 4 is 5.78 Å². The van der Waals surface area contributed by atoms with Crippen molar-refractivity contribution in [3.8, 4) is 0 Å². The standard InChI is InChI=1S/C26H38O/c1-16(2)20-12-13-23(24(14-20)19(7)8)26(27)15-25-21(17(3)4)10-9-11-22(25)18(5)6/h9-13,16-20H,14-15H2,1-8H3. The second kappa shape index (κ2) is 9.04. The van der Waals surface area contributed by atoms with Gasteiger partial charge in [0.25, 0.3) is 0 Å². The van der Waals surface area contributed by atoms with E-state index in [0.717, 1.165) is 12.0 Å². The maximum absolute atomic E-state index is 13.4. The average Bonchev–Trinajstić information content (AvgIpc) is 2.60. The van der Waals surface area contributed by atoms with E-state index in [4.69, 9.17) is 0 Å². The highest BCUT2D eigenvalue weighted by Crippen LogP contribution is 2.35. The fourth-order valence-electron chi connectivity index (χ4n) is 4.20. The molecule has 1 atom stereocenters. The van der Waals surface area contributed by atoms with E-state index in [1.165, 1.54) is 22.3 Å². The lowest BCUT2D eigenvalue weighted by Gasteiger charge is -2.27. The zero-order valence-corrected chi connectivity index (χ0v) is 18.6. The van der Waals surface area contributed by atoms with Crippen LogP contribution in [0.5, 0.6) is 0 Å². The highest BCUT2D eigenvalue weighted by Gasteiger charge is 2.25. The second-order valence-corrected chi connectivity index (χ2v) is 9.39. The summed E-state index contributed by atoms with van der Waals surface area (Å²) in [5.74, 6) is 2.72. The number of allylic oxidation sites excluding steroid dienone is 4. The summed E-state index contributed by atoms with van der Waals surface area (Å²) in [7, 11) is 0. The maximum Gasteiger partial charge on any atom is 0.167 e. The minimum atomic E-state index is 0.284. The van der Waals surface area contributed by atoms with Gasteiger partial charge in [-0.3, -0.25) is 4.79 Å². The molecule has 1 nitrogen and oxygen atoms in total. The van der Waals surface area contributed by atoms with Gasteiger partial charge >= 0.3 is 0 Å². The smallest absolute Gasteiger partial charge is 0.167 e. The molecule has 27 heavy (non-hydrogen) atoms. The largest absolute Gasteiger partial charge is 0.294 e. The summed E-state index contributed by atoms with van der Waals surface area (Å²) >= 11 is 0. The molecule has 1 heteroatoms. The number of Topliss-reactive ketones (excluding diaryl/α,β-unsaturated/α-hetero) is 1. The summed E-state index contributed by atoms with van der Waals surface area (Å²) in [4.78, 5) is 13.4. The fourth-order valence-corrected chi connectivity index (χ4v) is 4.20. The molecule has 1 aromatic rings. The summed E-state index contributed by atoms with van der Waals surface area (Å²) in [5, 5.41) is 0. The van der Waals surface area contributed by atoms with Gasteiger partial charge in [0.1, 0.15) is 0 Å². The Balaban J connectivity index is 2.42. The van der Waals surface area contributed by atoms with Gasteiger partial charge in [-0.2, -0.15) is 0 Å². The first-order valence-electron chi connectivity index (χ1n) is 10.7. The molecule has 1 aliphatic rings. The molecule has 0 fully saturated rings. The third-order valence-corrected chi connectivity index (χ3v) is 6.00. The Morgan fingerprint density at radius 3 is 1.93 bits per heavy atom. The fraction of sp³-hybridized carbons (Fsp3) is 0.577. The first-order chi connectivity index (χ1) is 12.6. The lowest BCUT2D eigenvalue weighted by Crippen LogP contribution is -2.19. The van der Waals surface area contributed by atoms with E-state index in [1.54, 1.807) is 0 Å². The molecule has 1 unspecified atom stereocenters. The Morgan fingerprint density at radius 2 is 1.48 bits per heavy atom. The molecule has 148 valence electrons. The van der Waals surface area contributed by atoms with Crippen LogP contribution in [0.4, 0.5) is 0 Å². The van der Waals surface area contributed by atoms with E-state index in [-0.39, 0.29) is 5.78 Å². The van der Waals surface area contributed by atoms with Gasteiger partial charge in [0.05, 0.1) is 0 Å². The number of ketones is 1. The van der Waals surface area contributed by atoms with Crippen molar-refractivity contribution in [3.63, 3.8) is 0 Å². The van der Waals surface area contributed by atoms with Crippen LogP contribution in [0.2, 0.25) is 0 Å². The highest BCUT2D eigenvalue weighted by molar-refractivity contribution is 6.00. The molecule has 1 aliphatic carbocycles. The van der Waals surface area contributed by atoms with E-state index in [0.29, 0.717) is 36.0 Å². The molecule has 0 aliphatic heterocycles. The summed E-state index contributed by atoms with van der Waals surface area (Å²) in [6.07, 6.45) is 5.93. The van der Waals surface area contributed by atoms with Gasteiger partial charge < -0.3 is 0 Å². The third-order valence-electron chi connectivity index (χ3n) is 6.00. The molecule has 0 heterocycles. The topological polar surface area (TPSA) is 17.1 Å². The first kappa shape index (κ1) is 21.7. The minimum Gasteiger partial charge on any atom is -0.294 e. The Morgan fingerprint density at radius 1 is 0.926 bits per heavy atom. The van der Waals surface area contributed by atoms with E-state index in [2.05, 4.69) is 85.7 Å². The summed E-state index contributed by atoms with van der Waals surface area (Å²) in [6, 6.07) is 6.54. The van der Waals surface area contributed by atoms with Crippen molar-refractivity contribution in [2.24, 2.45) is 17.8 Å². The predicted molar refractivity (Wildman–Crippen MR) is 117 cm³/mol. The van der Waals surface area contributed by atoms with Gasteiger partial charge in [0.2, 0.25) is 0 Å². The van der Waals surface area contributed by atoms with Gasteiger partial charge in [0.15, 0.2) is 5.78 Å². The number of carbonyl (C=O) groups is 1. The number of hydrogen-bond donors (Lipinski definition) is 0. The van der Waals surface area contributed by atoms with E-state index >= 15 is 0 Å². The average molecular weight is 367 g/mol. The van der Waals surface area contributed by atoms with Crippen molar-refractivity contribution in [3.05, 3.63) is 58.2 Å². The summed E-state index contributed by atoms with van der Waals surface area (Å²) in [5.41, 5.74) is 6.20. The lowest BCUT2D eigenvalue weighted by atomic mass is 9.77. The maximum atomic E-state index is 13.4. The van der Waals surface area contributed by atoms with Gasteiger partial charge in [-0.15, -0.1) is 0 Å². The van der Waals surface area contributed by atoms with E-state index in [9.17, 15) is 4.79 Å². The van der Waals surface area contributed by atoms with Gasteiger partial charge in [-0.05, 0) is 52.7 Å². The number of benzene rings is 1. The molecular formula is C26H38O. The normalized spacial score (nSPS) is 17.7. The van der Waals surface area contributed by atoms with Crippen LogP contribution in [0, 0.1) is 17.8 Å². The molecule has 0 saturated heterocycles. The Hall–Kier alpha value is -1.63. The number of hydrogen-bond acceptors (Lipinski definition) is 1. The van der Waals surface area contributed by atoms with Crippen molar-refractivity contribution in [2.75, 3.05) is 0 Å². The highest BCUT2D eigenvalue weighted by atomic mass is 16.1. The number of carbonyl (C=O) groups excluding carboxylic acids is 1. The molecule has 0 spiro atoms. The molecule has 1 aromatic carbocycles. The van der Waals surface area contributed by atoms with Crippen LogP contribution in [0.25, 0.3) is 0 Å². The molecular weight excluding hydrogens is 328 g/mol. The Bertz CT molecular complexity index is 702. The lowest BCUT2D eigenvalue weighted by molar-refractivity contribution is -0.114. The van der Waals surface area contributed by atoms with Crippen LogP contribution < -0.4 is 0 Å². The van der Waals surface area contributed by atoms with Crippen LogP contribution >= 0.6 is 0 Å². The SMILES string of the molecule is CC(C)C1=C(C(=O)Cc2c(C(C)C)cccc2C(C)C)C=CC(C(C)C)C1. The second-order valence-electron chi connectivity index (χ2n) is 9.39. The molecule has 0 radical (unpaired) electrons. The van der Waals surface area contributed by atoms with Crippen LogP contribution in [0.15, 0.2) is 41.5 Å². The van der Waals surface area contributed by atoms with E-state index < -0.39 is 0 Å². The zero-order valence-electron chi connectivity index (χ0n) is 18.6. The monoisotopic (exact) mass is 366 g/mol. The van der Waals surface area contributed by atoms with Gasteiger partial charge in [-0.25, -0.2) is 0 Å². The van der Waals surface area contributed by atoms with Crippen molar-refractivity contribution < 1.29 is 4.79 Å². The van der Waals surface area contributed by atoms with Gasteiger partial charge in [0, 0.05) is 12.0 Å². The van der Waals surface area contributed by atoms with Crippen molar-refractivity contribution in [1.29, 1.82) is 0 Å². The summed E-state index contributed by atoms with van der Waals surface area (Å²) in [6.45, 7) is 17.9. The Kier molecular flexibility index (Phi) is 7.25. The molecule has 0 amide bonds.